The molecule has 2 saturated heterocycles. The standard InChI is InChI=1S/C27H33N7O3.C16H15ClN4O2.C11H19N3O/c1-16(35)11-18-12-20(7-9-28-18)37-21-14-29-25-24(17(21)2)33(6)26(31-25)30-23-13-22(27(3,4)5)34(32-23)19-8-10-36-15-19;1-9(22)6-11-7-12(4-5-18-11)23-13-8-19-15-14(10(13)2)21(3)16(17)20-15;1-11(2,3)9-6-10(12)13-14(9)8-4-5-15-7-8/h7,9,12-14,19H,8,10-11,15H2,1-6H3,(H,29,30,31,32);4-5,7-8H,6H2,1-3H3;6,8H,4-5,7H2,1-3H3,(H2,12,13)/t19-;;/m0../s1. The van der Waals surface area contributed by atoms with Crippen LogP contribution in [0, 0.1) is 13.8 Å². The molecule has 0 saturated carbocycles. The van der Waals surface area contributed by atoms with Crippen LogP contribution in [0.25, 0.3) is 22.3 Å². The number of aryl methyl sites for hydroxylation is 4. The Hall–Kier alpha value is -7.29. The molecule has 0 amide bonds. The Morgan fingerprint density at radius 1 is 0.707 bits per heavy atom. The molecule has 10 heterocycles. The summed E-state index contributed by atoms with van der Waals surface area (Å²) in [6, 6.07) is 11.7. The summed E-state index contributed by atoms with van der Waals surface area (Å²) in [6.45, 7) is 23.1. The maximum absolute atomic E-state index is 11.5. The minimum atomic E-state index is -0.0660. The number of imidazole rings is 2. The number of carbonyl (C=O) groups excluding carboxylic acids is 2. The molecule has 2 aliphatic rings. The lowest BCUT2D eigenvalue weighted by atomic mass is 9.91. The van der Waals surface area contributed by atoms with Crippen molar-refractivity contribution >= 4 is 63.1 Å². The van der Waals surface area contributed by atoms with Crippen molar-refractivity contribution in [2.45, 2.75) is 118 Å². The molecule has 0 spiro atoms. The van der Waals surface area contributed by atoms with Gasteiger partial charge in [-0.05, 0) is 64.3 Å². The first kappa shape index (κ1) is 54.0. The predicted octanol–water partition coefficient (Wildman–Crippen LogP) is 9.77. The number of rotatable bonds is 12. The van der Waals surface area contributed by atoms with Gasteiger partial charge in [0.25, 0.3) is 0 Å². The van der Waals surface area contributed by atoms with Gasteiger partial charge in [-0.15, -0.1) is 0 Å². The number of nitrogens with one attached hydrogen (secondary N) is 1. The monoisotopic (exact) mass is 1040 g/mol. The lowest BCUT2D eigenvalue weighted by Gasteiger charge is -2.22. The van der Waals surface area contributed by atoms with Gasteiger partial charge in [0.15, 0.2) is 28.6 Å². The highest BCUT2D eigenvalue weighted by Crippen LogP contribution is 2.35. The van der Waals surface area contributed by atoms with Crippen LogP contribution < -0.4 is 20.5 Å². The van der Waals surface area contributed by atoms with Gasteiger partial charge in [-0.3, -0.25) is 28.9 Å². The minimum Gasteiger partial charge on any atom is -0.455 e. The van der Waals surface area contributed by atoms with Gasteiger partial charge in [0, 0.05) is 110 Å². The minimum absolute atomic E-state index is 0.0508. The fourth-order valence-electron chi connectivity index (χ4n) is 9.03. The molecule has 8 aromatic heterocycles. The molecule has 10 rings (SSSR count). The van der Waals surface area contributed by atoms with Crippen LogP contribution >= 0.6 is 11.6 Å². The number of pyridine rings is 4. The number of ether oxygens (including phenoxy) is 4. The van der Waals surface area contributed by atoms with Crippen LogP contribution in [0.1, 0.15) is 114 Å². The Kier molecular flexibility index (Phi) is 16.0. The first-order chi connectivity index (χ1) is 35.5. The number of fused-ring (bicyclic) bond motifs is 2. The number of nitrogens with zero attached hydrogens (tertiary/aromatic N) is 12. The van der Waals surface area contributed by atoms with Crippen molar-refractivity contribution in [3.05, 3.63) is 100 Å². The van der Waals surface area contributed by atoms with Gasteiger partial charge in [-0.25, -0.2) is 9.97 Å². The molecule has 1 unspecified atom stereocenters. The molecule has 2 atom stereocenters. The third kappa shape index (κ3) is 12.6. The first-order valence-corrected chi connectivity index (χ1v) is 25.3. The average Bonchev–Trinajstić information content (AvgIpc) is 4.21. The maximum atomic E-state index is 11.5. The van der Waals surface area contributed by atoms with E-state index in [-0.39, 0.29) is 41.3 Å². The normalized spacial score (nSPS) is 15.6. The summed E-state index contributed by atoms with van der Waals surface area (Å²) < 4.78 is 30.9. The van der Waals surface area contributed by atoms with Gasteiger partial charge in [0.1, 0.15) is 28.9 Å². The molecule has 21 heteroatoms. The van der Waals surface area contributed by atoms with Crippen LogP contribution in [0.2, 0.25) is 5.28 Å². The number of anilines is 3. The molecule has 0 aromatic carbocycles. The van der Waals surface area contributed by atoms with E-state index in [9.17, 15) is 9.59 Å². The van der Waals surface area contributed by atoms with Gasteiger partial charge < -0.3 is 39.1 Å². The molecule has 0 bridgehead atoms. The van der Waals surface area contributed by atoms with Crippen molar-refractivity contribution in [1.82, 2.24) is 58.6 Å². The molecule has 0 aliphatic carbocycles. The van der Waals surface area contributed by atoms with Crippen molar-refractivity contribution in [2.75, 3.05) is 37.5 Å². The highest BCUT2D eigenvalue weighted by Gasteiger charge is 2.29. The van der Waals surface area contributed by atoms with Gasteiger partial charge in [-0.1, -0.05) is 41.5 Å². The van der Waals surface area contributed by atoms with E-state index in [0.29, 0.717) is 75.4 Å². The molecular formula is C54H67ClN14O6. The van der Waals surface area contributed by atoms with Crippen molar-refractivity contribution < 1.29 is 28.5 Å². The largest absolute Gasteiger partial charge is 0.455 e. The summed E-state index contributed by atoms with van der Waals surface area (Å²) in [6.07, 6.45) is 9.09. The summed E-state index contributed by atoms with van der Waals surface area (Å²) in [5.41, 5.74) is 14.1. The predicted molar refractivity (Wildman–Crippen MR) is 287 cm³/mol. The molecule has 2 fully saturated rings. The SMILES string of the molecule is CC(=O)Cc1cc(Oc2cnc3nc(Cl)n(C)c3c2C)ccn1.CC(=O)Cc1cc(Oc2cnc3nc(Nc4cc(C(C)(C)C)n([C@H]5CCOC5)n4)n(C)c3c2C)ccn1.CC(C)(C)c1cc(N)nn1C1CCOC1. The molecule has 3 N–H and O–H groups in total. The molecular weight excluding hydrogens is 976 g/mol. The lowest BCUT2D eigenvalue weighted by molar-refractivity contribution is -0.117. The van der Waals surface area contributed by atoms with Crippen molar-refractivity contribution in [3.63, 3.8) is 0 Å². The van der Waals surface area contributed by atoms with Crippen LogP contribution in [0.15, 0.2) is 61.2 Å². The van der Waals surface area contributed by atoms with E-state index in [0.717, 1.165) is 66.3 Å². The van der Waals surface area contributed by atoms with Crippen LogP contribution in [0.5, 0.6) is 23.0 Å². The number of halogens is 1. The van der Waals surface area contributed by atoms with Gasteiger partial charge in [0.2, 0.25) is 11.2 Å². The van der Waals surface area contributed by atoms with Crippen LogP contribution in [-0.2, 0) is 56.8 Å². The number of nitrogen functional groups attached to an aromatic ring is 1. The fourth-order valence-corrected chi connectivity index (χ4v) is 9.20. The summed E-state index contributed by atoms with van der Waals surface area (Å²) in [7, 11) is 3.77. The lowest BCUT2D eigenvalue weighted by Crippen LogP contribution is -2.22. The van der Waals surface area contributed by atoms with E-state index in [1.165, 1.54) is 12.6 Å². The Labute approximate surface area is 441 Å². The Morgan fingerprint density at radius 2 is 1.19 bits per heavy atom. The Balaban J connectivity index is 0.000000166. The fraction of sp³-hybridized carbons (Fsp3) is 0.444. The molecule has 396 valence electrons. The zero-order valence-electron chi connectivity index (χ0n) is 44.9. The number of hydrogen-bond donors (Lipinski definition) is 2. The van der Waals surface area contributed by atoms with Crippen molar-refractivity contribution in [3.8, 4) is 23.0 Å². The maximum Gasteiger partial charge on any atom is 0.210 e. The summed E-state index contributed by atoms with van der Waals surface area (Å²) in [5.74, 6) is 4.52. The molecule has 20 nitrogen and oxygen atoms in total. The second-order valence-corrected chi connectivity index (χ2v) is 21.5. The second-order valence-electron chi connectivity index (χ2n) is 21.1. The first-order valence-electron chi connectivity index (χ1n) is 25.0. The van der Waals surface area contributed by atoms with E-state index in [1.807, 2.05) is 43.3 Å². The molecule has 2 aliphatic heterocycles. The van der Waals surface area contributed by atoms with E-state index in [2.05, 4.69) is 87.6 Å². The average molecular weight is 1040 g/mol. The van der Waals surface area contributed by atoms with Gasteiger partial charge in [-0.2, -0.15) is 20.2 Å². The van der Waals surface area contributed by atoms with E-state index in [4.69, 9.17) is 46.4 Å². The van der Waals surface area contributed by atoms with Crippen molar-refractivity contribution in [2.24, 2.45) is 14.1 Å². The summed E-state index contributed by atoms with van der Waals surface area (Å²) >= 11 is 6.04. The number of nitrogens with two attached hydrogens (primary N) is 1. The highest BCUT2D eigenvalue weighted by molar-refractivity contribution is 6.29. The van der Waals surface area contributed by atoms with E-state index >= 15 is 0 Å². The van der Waals surface area contributed by atoms with Gasteiger partial charge in [0.05, 0.1) is 60.1 Å². The highest BCUT2D eigenvalue weighted by atomic mass is 35.5. The Bertz CT molecular complexity index is 3350. The topological polar surface area (TPSA) is 232 Å². The zero-order chi connectivity index (χ0) is 53.9. The van der Waals surface area contributed by atoms with Gasteiger partial charge >= 0.3 is 0 Å². The molecule has 75 heavy (non-hydrogen) atoms. The second kappa shape index (κ2) is 22.3. The van der Waals surface area contributed by atoms with E-state index in [1.54, 1.807) is 60.5 Å². The number of hydrogen-bond acceptors (Lipinski definition) is 16. The zero-order valence-corrected chi connectivity index (χ0v) is 45.6. The van der Waals surface area contributed by atoms with Crippen LogP contribution in [-0.4, -0.2) is 96.6 Å². The van der Waals surface area contributed by atoms with Crippen molar-refractivity contribution in [1.29, 1.82) is 0 Å². The van der Waals surface area contributed by atoms with Crippen LogP contribution in [0.4, 0.5) is 17.6 Å². The van der Waals surface area contributed by atoms with Crippen LogP contribution in [0.3, 0.4) is 0 Å². The van der Waals surface area contributed by atoms with E-state index < -0.39 is 0 Å². The number of carbonyl (C=O) groups is 2. The molecule has 8 aromatic rings. The quantitative estimate of drug-likeness (QED) is 0.116. The number of aromatic nitrogens is 12. The smallest absolute Gasteiger partial charge is 0.210 e. The summed E-state index contributed by atoms with van der Waals surface area (Å²) in [5, 5.41) is 13.0. The third-order valence-electron chi connectivity index (χ3n) is 12.8. The number of Topliss-reactive ketones (excluding diaryl/α,β-unsaturated/α-hetero) is 2. The summed E-state index contributed by atoms with van der Waals surface area (Å²) in [4.78, 5) is 48.8. The third-order valence-corrected chi connectivity index (χ3v) is 13.2. The molecule has 0 radical (unpaired) electrons. The Morgan fingerprint density at radius 3 is 1.67 bits per heavy atom. The number of ketones is 2.